The van der Waals surface area contributed by atoms with Gasteiger partial charge in [-0.2, -0.15) is 4.99 Å². The number of rotatable bonds is 4. The highest BCUT2D eigenvalue weighted by Gasteiger charge is 2.20. The molecule has 0 bridgehead atoms. The molecule has 0 aromatic rings. The normalized spacial score (nSPS) is 23.3. The van der Waals surface area contributed by atoms with Crippen LogP contribution in [0.5, 0.6) is 0 Å². The van der Waals surface area contributed by atoms with Gasteiger partial charge in [0.25, 0.3) is 0 Å². The maximum atomic E-state index is 9.85. The molecule has 0 spiro atoms. The van der Waals surface area contributed by atoms with Crippen molar-refractivity contribution < 1.29 is 4.79 Å². The number of allylic oxidation sites excluding steroid dienone is 1. The first-order chi connectivity index (χ1) is 7.24. The number of aliphatic imine (C=N–C) groups is 1. The Hall–Kier alpha value is -0.920. The molecule has 1 rings (SSSR count). The number of piperidine rings is 1. The number of isocyanates is 1. The summed E-state index contributed by atoms with van der Waals surface area (Å²) < 4.78 is 0. The van der Waals surface area contributed by atoms with Crippen molar-refractivity contribution in [3.05, 3.63) is 12.3 Å². The largest absolute Gasteiger partial charge is 0.301 e. The molecule has 15 heavy (non-hydrogen) atoms. The summed E-state index contributed by atoms with van der Waals surface area (Å²) in [6, 6.07) is 0.643. The third-order valence-electron chi connectivity index (χ3n) is 2.98. The lowest BCUT2D eigenvalue weighted by atomic mass is 9.94. The minimum absolute atomic E-state index is 0.643. The van der Waals surface area contributed by atoms with Crippen LogP contribution in [0.3, 0.4) is 0 Å². The van der Waals surface area contributed by atoms with E-state index in [1.807, 2.05) is 6.08 Å². The third-order valence-corrected chi connectivity index (χ3v) is 2.98. The number of likely N-dealkylation sites (tertiary alicyclic amines) is 1. The van der Waals surface area contributed by atoms with Crippen LogP contribution in [0.4, 0.5) is 0 Å². The van der Waals surface area contributed by atoms with Crippen molar-refractivity contribution in [2.24, 2.45) is 10.9 Å². The van der Waals surface area contributed by atoms with Crippen LogP contribution in [-0.2, 0) is 4.79 Å². The monoisotopic (exact) mass is 208 g/mol. The van der Waals surface area contributed by atoms with Gasteiger partial charge in [-0.25, -0.2) is 4.79 Å². The van der Waals surface area contributed by atoms with Crippen molar-refractivity contribution in [2.45, 2.75) is 39.2 Å². The molecule has 0 N–H and O–H groups in total. The third kappa shape index (κ3) is 4.41. The second kappa shape index (κ2) is 6.54. The number of hydrogen-bond donors (Lipinski definition) is 0. The summed E-state index contributed by atoms with van der Waals surface area (Å²) in [6.07, 6.45) is 8.64. The van der Waals surface area contributed by atoms with E-state index >= 15 is 0 Å². The lowest BCUT2D eigenvalue weighted by Gasteiger charge is -2.35. The standard InChI is InChI=1S/C12H20N2O/c1-11(2)14-8-4-6-12(9-14)5-3-7-13-10-15/h3,7,11-12H,4-6,8-9H2,1-2H3/b7-3-. The second-order valence-electron chi connectivity index (χ2n) is 4.44. The van der Waals surface area contributed by atoms with Crippen molar-refractivity contribution in [2.75, 3.05) is 13.1 Å². The average Bonchev–Trinajstić information content (AvgIpc) is 2.25. The Bertz CT molecular complexity index is 254. The topological polar surface area (TPSA) is 32.7 Å². The minimum Gasteiger partial charge on any atom is -0.301 e. The van der Waals surface area contributed by atoms with Crippen LogP contribution in [0.25, 0.3) is 0 Å². The minimum atomic E-state index is 0.643. The second-order valence-corrected chi connectivity index (χ2v) is 4.44. The van der Waals surface area contributed by atoms with E-state index in [-0.39, 0.29) is 0 Å². The fourth-order valence-electron chi connectivity index (χ4n) is 2.10. The maximum Gasteiger partial charge on any atom is 0.239 e. The van der Waals surface area contributed by atoms with Crippen LogP contribution in [0, 0.1) is 5.92 Å². The summed E-state index contributed by atoms with van der Waals surface area (Å²) in [5, 5.41) is 0. The summed E-state index contributed by atoms with van der Waals surface area (Å²) in [7, 11) is 0. The molecule has 1 unspecified atom stereocenters. The van der Waals surface area contributed by atoms with Gasteiger partial charge in [-0.3, -0.25) is 0 Å². The van der Waals surface area contributed by atoms with Gasteiger partial charge in [0.05, 0.1) is 0 Å². The Balaban J connectivity index is 2.33. The van der Waals surface area contributed by atoms with E-state index in [0.717, 1.165) is 12.3 Å². The van der Waals surface area contributed by atoms with Gasteiger partial charge in [0.1, 0.15) is 0 Å². The van der Waals surface area contributed by atoms with Crippen molar-refractivity contribution in [1.29, 1.82) is 0 Å². The van der Waals surface area contributed by atoms with E-state index in [1.54, 1.807) is 6.20 Å². The van der Waals surface area contributed by atoms with Gasteiger partial charge in [0.15, 0.2) is 0 Å². The highest BCUT2D eigenvalue weighted by Crippen LogP contribution is 2.21. The fraction of sp³-hybridized carbons (Fsp3) is 0.750. The van der Waals surface area contributed by atoms with Crippen LogP contribution in [0.2, 0.25) is 0 Å². The Morgan fingerprint density at radius 2 is 2.40 bits per heavy atom. The first-order valence-corrected chi connectivity index (χ1v) is 5.70. The van der Waals surface area contributed by atoms with Gasteiger partial charge in [-0.1, -0.05) is 6.08 Å². The summed E-state index contributed by atoms with van der Waals surface area (Å²) >= 11 is 0. The molecule has 1 atom stereocenters. The Labute approximate surface area is 91.9 Å². The summed E-state index contributed by atoms with van der Waals surface area (Å²) in [5.74, 6) is 0.722. The zero-order valence-electron chi connectivity index (χ0n) is 9.65. The molecule has 3 heteroatoms. The van der Waals surface area contributed by atoms with E-state index in [0.29, 0.717) is 6.04 Å². The smallest absolute Gasteiger partial charge is 0.239 e. The van der Waals surface area contributed by atoms with Crippen molar-refractivity contribution in [1.82, 2.24) is 4.90 Å². The summed E-state index contributed by atoms with van der Waals surface area (Å²) in [5.41, 5.74) is 0. The lowest BCUT2D eigenvalue weighted by Crippen LogP contribution is -2.39. The highest BCUT2D eigenvalue weighted by atomic mass is 16.1. The predicted molar refractivity (Wildman–Crippen MR) is 61.3 cm³/mol. The number of carbonyl (C=O) groups excluding carboxylic acids is 1. The zero-order valence-corrected chi connectivity index (χ0v) is 9.65. The molecule has 0 amide bonds. The van der Waals surface area contributed by atoms with Gasteiger partial charge < -0.3 is 4.90 Å². The van der Waals surface area contributed by atoms with Crippen LogP contribution >= 0.6 is 0 Å². The molecule has 84 valence electrons. The molecule has 3 nitrogen and oxygen atoms in total. The molecule has 0 aromatic heterocycles. The molecule has 0 saturated carbocycles. The average molecular weight is 208 g/mol. The molecule has 0 aromatic carbocycles. The lowest BCUT2D eigenvalue weighted by molar-refractivity contribution is 0.141. The van der Waals surface area contributed by atoms with Gasteiger partial charge >= 0.3 is 0 Å². The maximum absolute atomic E-state index is 9.85. The SMILES string of the molecule is CC(C)N1CCCC(C/C=C\N=C=O)C1. The summed E-state index contributed by atoms with van der Waals surface area (Å²) in [6.45, 7) is 6.89. The van der Waals surface area contributed by atoms with Gasteiger partial charge in [0.2, 0.25) is 6.08 Å². The molecular formula is C12H20N2O. The van der Waals surface area contributed by atoms with E-state index in [1.165, 1.54) is 32.0 Å². The zero-order chi connectivity index (χ0) is 11.1. The molecule has 0 aliphatic carbocycles. The van der Waals surface area contributed by atoms with E-state index < -0.39 is 0 Å². The van der Waals surface area contributed by atoms with Crippen LogP contribution in [0.15, 0.2) is 17.3 Å². The van der Waals surface area contributed by atoms with Crippen LogP contribution in [0.1, 0.15) is 33.1 Å². The molecule has 1 fully saturated rings. The fourth-order valence-corrected chi connectivity index (χ4v) is 2.10. The number of nitrogens with zero attached hydrogens (tertiary/aromatic N) is 2. The Kier molecular flexibility index (Phi) is 5.30. The molecule has 0 radical (unpaired) electrons. The predicted octanol–water partition coefficient (Wildman–Crippen LogP) is 2.35. The molecule has 1 saturated heterocycles. The van der Waals surface area contributed by atoms with Crippen LogP contribution in [-0.4, -0.2) is 30.1 Å². The van der Waals surface area contributed by atoms with E-state index in [4.69, 9.17) is 0 Å². The first-order valence-electron chi connectivity index (χ1n) is 5.70. The first kappa shape index (κ1) is 12.2. The van der Waals surface area contributed by atoms with E-state index in [2.05, 4.69) is 23.7 Å². The quantitative estimate of drug-likeness (QED) is 0.525. The molecule has 1 aliphatic heterocycles. The van der Waals surface area contributed by atoms with Crippen molar-refractivity contribution >= 4 is 6.08 Å². The Morgan fingerprint density at radius 1 is 1.60 bits per heavy atom. The van der Waals surface area contributed by atoms with E-state index in [9.17, 15) is 4.79 Å². The van der Waals surface area contributed by atoms with Crippen molar-refractivity contribution in [3.8, 4) is 0 Å². The molecular weight excluding hydrogens is 188 g/mol. The highest BCUT2D eigenvalue weighted by molar-refractivity contribution is 5.34. The molecule has 1 heterocycles. The van der Waals surface area contributed by atoms with Gasteiger partial charge in [0, 0.05) is 18.8 Å². The summed E-state index contributed by atoms with van der Waals surface area (Å²) in [4.78, 5) is 15.8. The Morgan fingerprint density at radius 3 is 3.07 bits per heavy atom. The van der Waals surface area contributed by atoms with Crippen molar-refractivity contribution in [3.63, 3.8) is 0 Å². The molecule has 1 aliphatic rings. The van der Waals surface area contributed by atoms with Crippen LogP contribution < -0.4 is 0 Å². The number of hydrogen-bond acceptors (Lipinski definition) is 3. The van der Waals surface area contributed by atoms with Gasteiger partial charge in [-0.15, -0.1) is 0 Å². The van der Waals surface area contributed by atoms with Gasteiger partial charge in [-0.05, 0) is 45.6 Å².